The predicted octanol–water partition coefficient (Wildman–Crippen LogP) is 2.72. The van der Waals surface area contributed by atoms with Crippen LogP contribution < -0.4 is 11.1 Å². The minimum Gasteiger partial charge on any atom is -0.480 e. The van der Waals surface area contributed by atoms with Crippen molar-refractivity contribution in [2.24, 2.45) is 5.73 Å². The van der Waals surface area contributed by atoms with Crippen molar-refractivity contribution < 1.29 is 14.7 Å². The summed E-state index contributed by atoms with van der Waals surface area (Å²) in [7, 11) is 0. The number of Topliss-reactive ketones (excluding diaryl/α,β-unsaturated/α-hetero) is 1. The molecule has 0 radical (unpaired) electrons. The van der Waals surface area contributed by atoms with E-state index in [0.717, 1.165) is 34.4 Å². The van der Waals surface area contributed by atoms with Crippen LogP contribution in [0.5, 0.6) is 0 Å². The van der Waals surface area contributed by atoms with Crippen molar-refractivity contribution in [3.8, 4) is 0 Å². The third kappa shape index (κ3) is 8.16. The van der Waals surface area contributed by atoms with Crippen molar-refractivity contribution in [3.05, 3.63) is 29.8 Å². The maximum atomic E-state index is 11.8. The normalized spacial score (nSPS) is 11.7. The standard InChI is InChI=1S/C18H27N3O3S2/c1-3-21(4-2)18(25)26-12-13-5-7-14(8-6-13)20-11-15(22)9-10-16(19)17(23)24/h5-8,16,20H,3-4,9-12,19H2,1-2H3,(H,23,24)/t16-/m0/s1. The fraction of sp³-hybridized carbons (Fsp3) is 0.500. The first-order valence-corrected chi connectivity index (χ1v) is 10.0. The molecular formula is C18H27N3O3S2. The van der Waals surface area contributed by atoms with Crippen molar-refractivity contribution in [1.82, 2.24) is 4.90 Å². The number of hydrogen-bond donors (Lipinski definition) is 3. The Labute approximate surface area is 164 Å². The molecule has 0 fully saturated rings. The highest BCUT2D eigenvalue weighted by molar-refractivity contribution is 8.22. The molecule has 0 bridgehead atoms. The Bertz CT molecular complexity index is 604. The van der Waals surface area contributed by atoms with Gasteiger partial charge in [0, 0.05) is 31.0 Å². The van der Waals surface area contributed by atoms with Crippen LogP contribution in [0.3, 0.4) is 0 Å². The third-order valence-electron chi connectivity index (χ3n) is 3.88. The number of benzene rings is 1. The van der Waals surface area contributed by atoms with Gasteiger partial charge >= 0.3 is 5.97 Å². The number of rotatable bonds is 11. The summed E-state index contributed by atoms with van der Waals surface area (Å²) in [5.74, 6) is -0.340. The molecule has 26 heavy (non-hydrogen) atoms. The van der Waals surface area contributed by atoms with Gasteiger partial charge in [0.25, 0.3) is 0 Å². The molecule has 0 amide bonds. The van der Waals surface area contributed by atoms with E-state index in [2.05, 4.69) is 24.1 Å². The molecule has 0 unspecified atom stereocenters. The number of thioether (sulfide) groups is 1. The van der Waals surface area contributed by atoms with Gasteiger partial charge in [-0.25, -0.2) is 0 Å². The lowest BCUT2D eigenvalue weighted by Crippen LogP contribution is -2.31. The number of carbonyl (C=O) groups excluding carboxylic acids is 1. The Morgan fingerprint density at radius 1 is 1.27 bits per heavy atom. The number of ketones is 1. The quantitative estimate of drug-likeness (QED) is 0.491. The first-order valence-electron chi connectivity index (χ1n) is 8.61. The van der Waals surface area contributed by atoms with Gasteiger partial charge in [0.2, 0.25) is 0 Å². The molecule has 0 aliphatic heterocycles. The second kappa shape index (κ2) is 11.9. The highest BCUT2D eigenvalue weighted by Crippen LogP contribution is 2.18. The molecule has 144 valence electrons. The molecule has 8 heteroatoms. The lowest BCUT2D eigenvalue weighted by molar-refractivity contribution is -0.138. The number of aliphatic carboxylic acids is 1. The molecule has 1 aromatic rings. The summed E-state index contributed by atoms with van der Waals surface area (Å²) in [5, 5.41) is 11.7. The predicted molar refractivity (Wildman–Crippen MR) is 112 cm³/mol. The van der Waals surface area contributed by atoms with E-state index < -0.39 is 12.0 Å². The fourth-order valence-electron chi connectivity index (χ4n) is 2.17. The van der Waals surface area contributed by atoms with Crippen molar-refractivity contribution in [3.63, 3.8) is 0 Å². The van der Waals surface area contributed by atoms with Gasteiger partial charge < -0.3 is 21.1 Å². The number of carbonyl (C=O) groups is 2. The lowest BCUT2D eigenvalue weighted by Gasteiger charge is -2.20. The van der Waals surface area contributed by atoms with Crippen molar-refractivity contribution in [2.75, 3.05) is 25.0 Å². The Morgan fingerprint density at radius 2 is 1.88 bits per heavy atom. The fourth-order valence-corrected chi connectivity index (χ4v) is 3.52. The Hall–Kier alpha value is -1.64. The largest absolute Gasteiger partial charge is 0.480 e. The summed E-state index contributed by atoms with van der Waals surface area (Å²) in [5.41, 5.74) is 7.40. The Kier molecular flexibility index (Phi) is 10.2. The van der Waals surface area contributed by atoms with E-state index in [4.69, 9.17) is 23.1 Å². The van der Waals surface area contributed by atoms with Crippen LogP contribution in [-0.2, 0) is 15.3 Å². The highest BCUT2D eigenvalue weighted by atomic mass is 32.2. The molecule has 0 saturated carbocycles. The number of thiocarbonyl (C=S) groups is 1. The molecule has 0 saturated heterocycles. The second-order valence-electron chi connectivity index (χ2n) is 5.80. The van der Waals surface area contributed by atoms with Crippen molar-refractivity contribution in [2.45, 2.75) is 38.5 Å². The number of nitrogens with one attached hydrogen (secondary N) is 1. The number of carboxylic acid groups (broad SMARTS) is 1. The minimum absolute atomic E-state index is 0.0640. The van der Waals surface area contributed by atoms with Gasteiger partial charge in [0.1, 0.15) is 10.4 Å². The molecule has 0 aliphatic rings. The average Bonchev–Trinajstić information content (AvgIpc) is 2.64. The van der Waals surface area contributed by atoms with Gasteiger partial charge in [-0.2, -0.15) is 0 Å². The van der Waals surface area contributed by atoms with Gasteiger partial charge in [0.05, 0.1) is 6.54 Å². The van der Waals surface area contributed by atoms with Crippen LogP contribution >= 0.6 is 24.0 Å². The lowest BCUT2D eigenvalue weighted by atomic mass is 10.1. The average molecular weight is 398 g/mol. The molecule has 0 spiro atoms. The second-order valence-corrected chi connectivity index (χ2v) is 7.41. The highest BCUT2D eigenvalue weighted by Gasteiger charge is 2.13. The number of nitrogens with zero attached hydrogens (tertiary/aromatic N) is 1. The van der Waals surface area contributed by atoms with Crippen LogP contribution in [0.15, 0.2) is 24.3 Å². The summed E-state index contributed by atoms with van der Waals surface area (Å²) in [4.78, 5) is 24.6. The summed E-state index contributed by atoms with van der Waals surface area (Å²) in [6, 6.07) is 6.87. The first kappa shape index (κ1) is 22.4. The molecular weight excluding hydrogens is 370 g/mol. The Morgan fingerprint density at radius 3 is 2.42 bits per heavy atom. The zero-order chi connectivity index (χ0) is 19.5. The van der Waals surface area contributed by atoms with Gasteiger partial charge in [0.15, 0.2) is 5.78 Å². The van der Waals surface area contributed by atoms with Gasteiger partial charge in [-0.05, 0) is 38.0 Å². The summed E-state index contributed by atoms with van der Waals surface area (Å²) < 4.78 is 0.905. The van der Waals surface area contributed by atoms with Gasteiger partial charge in [-0.1, -0.05) is 36.1 Å². The van der Waals surface area contributed by atoms with E-state index in [-0.39, 0.29) is 25.2 Å². The number of carboxylic acids is 1. The Balaban J connectivity index is 2.37. The minimum atomic E-state index is -1.08. The number of anilines is 1. The van der Waals surface area contributed by atoms with Crippen LogP contribution in [-0.4, -0.2) is 51.8 Å². The third-order valence-corrected chi connectivity index (χ3v) is 5.47. The zero-order valence-corrected chi connectivity index (χ0v) is 16.9. The molecule has 6 nitrogen and oxygen atoms in total. The monoisotopic (exact) mass is 397 g/mol. The van der Waals surface area contributed by atoms with Crippen LogP contribution in [0.25, 0.3) is 0 Å². The van der Waals surface area contributed by atoms with Gasteiger partial charge in [-0.3, -0.25) is 9.59 Å². The van der Waals surface area contributed by atoms with Crippen LogP contribution in [0.4, 0.5) is 5.69 Å². The SMILES string of the molecule is CCN(CC)C(=S)SCc1ccc(NCC(=O)CC[C@H](N)C(=O)O)cc1. The number of hydrogen-bond acceptors (Lipinski definition) is 6. The molecule has 0 aromatic heterocycles. The van der Waals surface area contributed by atoms with E-state index in [9.17, 15) is 9.59 Å². The van der Waals surface area contributed by atoms with E-state index in [1.165, 1.54) is 0 Å². The zero-order valence-electron chi connectivity index (χ0n) is 15.2. The molecule has 0 heterocycles. The van der Waals surface area contributed by atoms with E-state index >= 15 is 0 Å². The van der Waals surface area contributed by atoms with E-state index in [1.807, 2.05) is 24.3 Å². The van der Waals surface area contributed by atoms with Crippen molar-refractivity contribution >= 4 is 45.7 Å². The van der Waals surface area contributed by atoms with Crippen LogP contribution in [0, 0.1) is 0 Å². The molecule has 1 atom stereocenters. The molecule has 4 N–H and O–H groups in total. The summed E-state index contributed by atoms with van der Waals surface area (Å²) >= 11 is 7.07. The molecule has 0 aliphatic carbocycles. The topological polar surface area (TPSA) is 95.7 Å². The summed E-state index contributed by atoms with van der Waals surface area (Å²) in [6.45, 7) is 6.17. The molecule has 1 rings (SSSR count). The van der Waals surface area contributed by atoms with E-state index in [1.54, 1.807) is 11.8 Å². The van der Waals surface area contributed by atoms with Crippen LogP contribution in [0.2, 0.25) is 0 Å². The van der Waals surface area contributed by atoms with Crippen LogP contribution in [0.1, 0.15) is 32.3 Å². The smallest absolute Gasteiger partial charge is 0.320 e. The number of nitrogens with two attached hydrogens (primary N) is 1. The molecule has 1 aromatic carbocycles. The maximum absolute atomic E-state index is 11.8. The van der Waals surface area contributed by atoms with Gasteiger partial charge in [-0.15, -0.1) is 0 Å². The summed E-state index contributed by atoms with van der Waals surface area (Å²) in [6.07, 6.45) is 0.302. The van der Waals surface area contributed by atoms with E-state index in [0.29, 0.717) is 0 Å². The first-order chi connectivity index (χ1) is 12.4. The maximum Gasteiger partial charge on any atom is 0.320 e. The van der Waals surface area contributed by atoms with Crippen molar-refractivity contribution in [1.29, 1.82) is 0 Å².